The van der Waals surface area contributed by atoms with E-state index in [9.17, 15) is 9.59 Å². The molecule has 0 aromatic carbocycles. The molecule has 150 valence electrons. The van der Waals surface area contributed by atoms with Crippen LogP contribution in [-0.2, 0) is 19.1 Å². The Labute approximate surface area is 160 Å². The van der Waals surface area contributed by atoms with Crippen molar-refractivity contribution >= 4 is 11.9 Å². The first-order valence-electron chi connectivity index (χ1n) is 10.2. The SMILES string of the molecule is CCCCCCCCCCCCC=CC(=O)OC(CC)=C(C)C(=O)OC. The highest BCUT2D eigenvalue weighted by Gasteiger charge is 2.13. The third-order valence-electron chi connectivity index (χ3n) is 4.43. The van der Waals surface area contributed by atoms with E-state index in [2.05, 4.69) is 11.7 Å². The number of methoxy groups -OCH3 is 1. The number of allylic oxidation sites excluding steroid dienone is 2. The number of ether oxygens (including phenoxy) is 2. The summed E-state index contributed by atoms with van der Waals surface area (Å²) >= 11 is 0. The van der Waals surface area contributed by atoms with Crippen molar-refractivity contribution in [2.45, 2.75) is 97.8 Å². The molecule has 0 unspecified atom stereocenters. The van der Waals surface area contributed by atoms with E-state index in [0.717, 1.165) is 12.8 Å². The quantitative estimate of drug-likeness (QED) is 0.149. The summed E-state index contributed by atoms with van der Waals surface area (Å²) < 4.78 is 9.89. The standard InChI is InChI=1S/C22H38O4/c1-5-7-8-9-10-11-12-13-14-15-16-17-18-21(23)26-20(6-2)19(3)22(24)25-4/h17-18H,5-16H2,1-4H3. The van der Waals surface area contributed by atoms with Crippen molar-refractivity contribution in [3.8, 4) is 0 Å². The first kappa shape index (κ1) is 24.4. The van der Waals surface area contributed by atoms with E-state index in [4.69, 9.17) is 4.74 Å². The molecule has 0 bridgehead atoms. The van der Waals surface area contributed by atoms with Gasteiger partial charge in [-0.15, -0.1) is 0 Å². The number of unbranched alkanes of at least 4 members (excludes halogenated alkanes) is 10. The lowest BCUT2D eigenvalue weighted by molar-refractivity contribution is -0.137. The predicted octanol–water partition coefficient (Wildman–Crippen LogP) is 6.25. The molecule has 0 saturated carbocycles. The van der Waals surface area contributed by atoms with E-state index in [1.54, 1.807) is 6.92 Å². The van der Waals surface area contributed by atoms with Crippen molar-refractivity contribution in [1.29, 1.82) is 0 Å². The Balaban J connectivity index is 3.82. The van der Waals surface area contributed by atoms with Crippen molar-refractivity contribution in [1.82, 2.24) is 0 Å². The second-order valence-corrected chi connectivity index (χ2v) is 6.69. The smallest absolute Gasteiger partial charge is 0.336 e. The number of hydrogen-bond donors (Lipinski definition) is 0. The summed E-state index contributed by atoms with van der Waals surface area (Å²) in [6.45, 7) is 5.69. The molecule has 26 heavy (non-hydrogen) atoms. The van der Waals surface area contributed by atoms with Crippen LogP contribution in [0.4, 0.5) is 0 Å². The Kier molecular flexibility index (Phi) is 15.8. The normalized spacial score (nSPS) is 12.2. The fraction of sp³-hybridized carbons (Fsp3) is 0.727. The fourth-order valence-electron chi connectivity index (χ4n) is 2.77. The molecule has 0 spiro atoms. The van der Waals surface area contributed by atoms with E-state index < -0.39 is 11.9 Å². The molecule has 4 nitrogen and oxygen atoms in total. The molecule has 0 aliphatic heterocycles. The van der Waals surface area contributed by atoms with Gasteiger partial charge in [-0.2, -0.15) is 0 Å². The maximum Gasteiger partial charge on any atom is 0.336 e. The van der Waals surface area contributed by atoms with Crippen LogP contribution < -0.4 is 0 Å². The van der Waals surface area contributed by atoms with Crippen LogP contribution in [0.3, 0.4) is 0 Å². The molecule has 0 saturated heterocycles. The number of carbonyl (C=O) groups is 2. The van der Waals surface area contributed by atoms with E-state index in [1.807, 2.05) is 13.0 Å². The molecule has 0 fully saturated rings. The van der Waals surface area contributed by atoms with Gasteiger partial charge in [0.05, 0.1) is 12.7 Å². The van der Waals surface area contributed by atoms with Gasteiger partial charge in [-0.25, -0.2) is 9.59 Å². The number of hydrogen-bond acceptors (Lipinski definition) is 4. The highest BCUT2D eigenvalue weighted by Crippen LogP contribution is 2.13. The van der Waals surface area contributed by atoms with E-state index in [-0.39, 0.29) is 0 Å². The summed E-state index contributed by atoms with van der Waals surface area (Å²) in [4.78, 5) is 23.3. The molecule has 0 amide bonds. The molecule has 0 radical (unpaired) electrons. The zero-order valence-electron chi connectivity index (χ0n) is 17.3. The second-order valence-electron chi connectivity index (χ2n) is 6.69. The van der Waals surface area contributed by atoms with E-state index in [0.29, 0.717) is 17.8 Å². The lowest BCUT2D eigenvalue weighted by atomic mass is 10.1. The van der Waals surface area contributed by atoms with Gasteiger partial charge >= 0.3 is 11.9 Å². The predicted molar refractivity (Wildman–Crippen MR) is 107 cm³/mol. The van der Waals surface area contributed by atoms with Crippen LogP contribution in [0.1, 0.15) is 97.8 Å². The molecule has 0 atom stereocenters. The Morgan fingerprint density at radius 2 is 1.38 bits per heavy atom. The largest absolute Gasteiger partial charge is 0.466 e. The Morgan fingerprint density at radius 3 is 1.88 bits per heavy atom. The molecule has 0 aromatic rings. The highest BCUT2D eigenvalue weighted by atomic mass is 16.5. The molecule has 0 aliphatic rings. The third-order valence-corrected chi connectivity index (χ3v) is 4.43. The molecule has 0 heterocycles. The fourth-order valence-corrected chi connectivity index (χ4v) is 2.77. The van der Waals surface area contributed by atoms with Crippen LogP contribution in [0.2, 0.25) is 0 Å². The van der Waals surface area contributed by atoms with Gasteiger partial charge in [-0.05, 0) is 19.8 Å². The van der Waals surface area contributed by atoms with Gasteiger partial charge in [0.15, 0.2) is 0 Å². The Morgan fingerprint density at radius 1 is 0.846 bits per heavy atom. The van der Waals surface area contributed by atoms with Crippen LogP contribution in [0.5, 0.6) is 0 Å². The summed E-state index contributed by atoms with van der Waals surface area (Å²) in [5, 5.41) is 0. The van der Waals surface area contributed by atoms with Gasteiger partial charge in [-0.3, -0.25) is 0 Å². The lowest BCUT2D eigenvalue weighted by Gasteiger charge is -2.08. The second kappa shape index (κ2) is 16.9. The topological polar surface area (TPSA) is 52.6 Å². The van der Waals surface area contributed by atoms with Crippen molar-refractivity contribution in [3.05, 3.63) is 23.5 Å². The minimum atomic E-state index is -0.469. The van der Waals surface area contributed by atoms with Crippen LogP contribution >= 0.6 is 0 Å². The lowest BCUT2D eigenvalue weighted by Crippen LogP contribution is -2.09. The minimum Gasteiger partial charge on any atom is -0.466 e. The van der Waals surface area contributed by atoms with Crippen molar-refractivity contribution in [3.63, 3.8) is 0 Å². The first-order valence-corrected chi connectivity index (χ1v) is 10.2. The summed E-state index contributed by atoms with van der Waals surface area (Å²) in [6.07, 6.45) is 17.7. The monoisotopic (exact) mass is 366 g/mol. The summed E-state index contributed by atoms with van der Waals surface area (Å²) in [5.41, 5.74) is 0.339. The molecule has 0 aromatic heterocycles. The van der Waals surface area contributed by atoms with Gasteiger partial charge in [0.25, 0.3) is 0 Å². The van der Waals surface area contributed by atoms with E-state index in [1.165, 1.54) is 71.0 Å². The van der Waals surface area contributed by atoms with Gasteiger partial charge in [0.1, 0.15) is 5.76 Å². The van der Waals surface area contributed by atoms with Gasteiger partial charge in [-0.1, -0.05) is 77.7 Å². The molecule has 4 heteroatoms. The van der Waals surface area contributed by atoms with Crippen molar-refractivity contribution in [2.24, 2.45) is 0 Å². The summed E-state index contributed by atoms with van der Waals surface area (Å²) in [5.74, 6) is -0.536. The van der Waals surface area contributed by atoms with Crippen LogP contribution in [0, 0.1) is 0 Å². The average Bonchev–Trinajstić information content (AvgIpc) is 2.65. The number of esters is 2. The van der Waals surface area contributed by atoms with Gasteiger partial charge in [0, 0.05) is 12.5 Å². The molecular weight excluding hydrogens is 328 g/mol. The summed E-state index contributed by atoms with van der Waals surface area (Å²) in [7, 11) is 1.31. The third kappa shape index (κ3) is 12.7. The molecule has 0 aliphatic carbocycles. The minimum absolute atomic E-state index is 0.339. The molecular formula is C22H38O4. The van der Waals surface area contributed by atoms with Crippen LogP contribution in [0.25, 0.3) is 0 Å². The zero-order chi connectivity index (χ0) is 19.6. The van der Waals surface area contributed by atoms with E-state index >= 15 is 0 Å². The summed E-state index contributed by atoms with van der Waals surface area (Å²) in [6, 6.07) is 0. The van der Waals surface area contributed by atoms with Gasteiger partial charge in [0.2, 0.25) is 0 Å². The zero-order valence-corrected chi connectivity index (χ0v) is 17.3. The number of rotatable bonds is 15. The van der Waals surface area contributed by atoms with Gasteiger partial charge < -0.3 is 9.47 Å². The molecule has 0 rings (SSSR count). The Hall–Kier alpha value is -1.58. The van der Waals surface area contributed by atoms with Crippen LogP contribution in [-0.4, -0.2) is 19.0 Å². The maximum absolute atomic E-state index is 11.8. The average molecular weight is 367 g/mol. The maximum atomic E-state index is 11.8. The van der Waals surface area contributed by atoms with Crippen molar-refractivity contribution < 1.29 is 19.1 Å². The molecule has 0 N–H and O–H groups in total. The number of carbonyl (C=O) groups excluding carboxylic acids is 2. The van der Waals surface area contributed by atoms with Crippen molar-refractivity contribution in [2.75, 3.05) is 7.11 Å². The van der Waals surface area contributed by atoms with Crippen LogP contribution in [0.15, 0.2) is 23.5 Å². The Bertz CT molecular complexity index is 449. The first-order chi connectivity index (χ1) is 12.6. The highest BCUT2D eigenvalue weighted by molar-refractivity contribution is 5.89.